The van der Waals surface area contributed by atoms with E-state index >= 15 is 0 Å². The van der Waals surface area contributed by atoms with E-state index in [4.69, 9.17) is 13.9 Å². The number of rotatable bonds is 5. The first-order valence-corrected chi connectivity index (χ1v) is 6.88. The minimum Gasteiger partial charge on any atom is -0.502 e. The molecule has 2 aromatic rings. The Bertz CT molecular complexity index is 686. The highest BCUT2D eigenvalue weighted by molar-refractivity contribution is 9.10. The Labute approximate surface area is 134 Å². The molecule has 0 spiro atoms. The van der Waals surface area contributed by atoms with Crippen LogP contribution in [0.5, 0.6) is 17.2 Å². The van der Waals surface area contributed by atoms with Gasteiger partial charge >= 0.3 is 5.91 Å². The van der Waals surface area contributed by atoms with Crippen LogP contribution >= 0.6 is 15.9 Å². The average Bonchev–Trinajstić information content (AvgIpc) is 2.95. The molecule has 0 radical (unpaired) electrons. The minimum atomic E-state index is -0.486. The van der Waals surface area contributed by atoms with Crippen molar-refractivity contribution < 1.29 is 23.8 Å². The van der Waals surface area contributed by atoms with Gasteiger partial charge in [0.15, 0.2) is 21.9 Å². The monoisotopic (exact) mass is 368 g/mol. The minimum absolute atomic E-state index is 0.105. The van der Waals surface area contributed by atoms with Crippen LogP contribution in [-0.4, -0.2) is 31.4 Å². The number of hydrogen-bond donors (Lipinski definition) is 2. The first-order valence-electron chi connectivity index (χ1n) is 6.09. The van der Waals surface area contributed by atoms with E-state index < -0.39 is 5.91 Å². The third-order valence-electron chi connectivity index (χ3n) is 2.68. The number of nitrogens with one attached hydrogen (secondary N) is 1. The summed E-state index contributed by atoms with van der Waals surface area (Å²) in [7, 11) is 2.85. The SMILES string of the molecule is COc1cc(/C=N/NC(=O)c2ccc(Br)o2)cc(OC)c1O. The highest BCUT2D eigenvalue weighted by Crippen LogP contribution is 2.36. The van der Waals surface area contributed by atoms with E-state index in [-0.39, 0.29) is 23.0 Å². The van der Waals surface area contributed by atoms with Crippen LogP contribution in [0.15, 0.2) is 38.5 Å². The molecule has 1 heterocycles. The molecule has 116 valence electrons. The van der Waals surface area contributed by atoms with Gasteiger partial charge in [-0.3, -0.25) is 4.79 Å². The van der Waals surface area contributed by atoms with Gasteiger partial charge in [0.25, 0.3) is 0 Å². The Morgan fingerprint density at radius 2 is 1.95 bits per heavy atom. The lowest BCUT2D eigenvalue weighted by Crippen LogP contribution is -2.16. The van der Waals surface area contributed by atoms with Crippen molar-refractivity contribution in [2.75, 3.05) is 14.2 Å². The highest BCUT2D eigenvalue weighted by atomic mass is 79.9. The Morgan fingerprint density at radius 1 is 1.32 bits per heavy atom. The second-order valence-electron chi connectivity index (χ2n) is 4.08. The third-order valence-corrected chi connectivity index (χ3v) is 3.11. The predicted octanol–water partition coefficient (Wildman–Crippen LogP) is 2.53. The number of hydrogen-bond acceptors (Lipinski definition) is 6. The van der Waals surface area contributed by atoms with E-state index in [1.807, 2.05) is 0 Å². The number of furan rings is 1. The fourth-order valence-corrected chi connectivity index (χ4v) is 1.95. The van der Waals surface area contributed by atoms with E-state index in [0.29, 0.717) is 10.2 Å². The van der Waals surface area contributed by atoms with Crippen LogP contribution in [0.1, 0.15) is 16.1 Å². The molecule has 0 aliphatic carbocycles. The van der Waals surface area contributed by atoms with Gasteiger partial charge in [0.05, 0.1) is 20.4 Å². The maximum Gasteiger partial charge on any atom is 0.307 e. The largest absolute Gasteiger partial charge is 0.502 e. The Hall–Kier alpha value is -2.48. The summed E-state index contributed by atoms with van der Waals surface area (Å²) in [5, 5.41) is 13.6. The van der Waals surface area contributed by atoms with Gasteiger partial charge < -0.3 is 19.0 Å². The third kappa shape index (κ3) is 3.59. The molecular formula is C14H13BrN2O5. The van der Waals surface area contributed by atoms with Crippen molar-refractivity contribution in [3.8, 4) is 17.2 Å². The number of hydrazone groups is 1. The molecule has 1 amide bonds. The van der Waals surface area contributed by atoms with Gasteiger partial charge in [-0.15, -0.1) is 0 Å². The standard InChI is InChI=1S/C14H13BrN2O5/c1-20-10-5-8(6-11(21-2)13(10)18)7-16-17-14(19)9-3-4-12(15)22-9/h3-7,18H,1-2H3,(H,17,19)/b16-7+. The second-order valence-corrected chi connectivity index (χ2v) is 4.86. The molecule has 2 rings (SSSR count). The number of carbonyl (C=O) groups is 1. The first-order chi connectivity index (χ1) is 10.5. The number of carbonyl (C=O) groups excluding carboxylic acids is 1. The first kappa shape index (κ1) is 15.9. The Morgan fingerprint density at radius 3 is 2.45 bits per heavy atom. The number of nitrogens with zero attached hydrogens (tertiary/aromatic N) is 1. The topological polar surface area (TPSA) is 93.3 Å². The van der Waals surface area contributed by atoms with Crippen LogP contribution in [0.2, 0.25) is 0 Å². The molecule has 0 bridgehead atoms. The van der Waals surface area contributed by atoms with E-state index in [1.54, 1.807) is 18.2 Å². The van der Waals surface area contributed by atoms with Gasteiger partial charge in [-0.1, -0.05) is 0 Å². The summed E-state index contributed by atoms with van der Waals surface area (Å²) in [4.78, 5) is 11.7. The number of methoxy groups -OCH3 is 2. The fourth-order valence-electron chi connectivity index (χ4n) is 1.65. The lowest BCUT2D eigenvalue weighted by atomic mass is 10.2. The smallest absolute Gasteiger partial charge is 0.307 e. The van der Waals surface area contributed by atoms with Crippen molar-refractivity contribution in [3.63, 3.8) is 0 Å². The molecule has 0 saturated carbocycles. The molecule has 0 aliphatic rings. The molecule has 0 unspecified atom stereocenters. The zero-order valence-corrected chi connectivity index (χ0v) is 13.4. The van der Waals surface area contributed by atoms with Crippen LogP contribution in [0.4, 0.5) is 0 Å². The zero-order chi connectivity index (χ0) is 16.1. The summed E-state index contributed by atoms with van der Waals surface area (Å²) in [5.41, 5.74) is 2.90. The lowest BCUT2D eigenvalue weighted by molar-refractivity contribution is 0.0926. The molecular weight excluding hydrogens is 356 g/mol. The van der Waals surface area contributed by atoms with Crippen LogP contribution < -0.4 is 14.9 Å². The maximum absolute atomic E-state index is 11.7. The summed E-state index contributed by atoms with van der Waals surface area (Å²) in [5.74, 6) is 0.0142. The number of halogens is 1. The van der Waals surface area contributed by atoms with Gasteiger partial charge in [0, 0.05) is 5.56 Å². The van der Waals surface area contributed by atoms with Gasteiger partial charge in [0.2, 0.25) is 5.75 Å². The number of amides is 1. The van der Waals surface area contributed by atoms with Crippen molar-refractivity contribution in [3.05, 3.63) is 40.3 Å². The van der Waals surface area contributed by atoms with Crippen molar-refractivity contribution >= 4 is 28.1 Å². The van der Waals surface area contributed by atoms with Crippen molar-refractivity contribution in [1.82, 2.24) is 5.43 Å². The van der Waals surface area contributed by atoms with Gasteiger partial charge in [-0.25, -0.2) is 5.43 Å². The average molecular weight is 369 g/mol. The number of ether oxygens (including phenoxy) is 2. The lowest BCUT2D eigenvalue weighted by Gasteiger charge is -2.09. The molecule has 8 heteroatoms. The van der Waals surface area contributed by atoms with E-state index in [1.165, 1.54) is 26.5 Å². The number of phenols is 1. The Kier molecular flexibility index (Phi) is 5.05. The highest BCUT2D eigenvalue weighted by Gasteiger charge is 2.11. The molecule has 22 heavy (non-hydrogen) atoms. The molecule has 1 aromatic heterocycles. The number of aromatic hydroxyl groups is 1. The fraction of sp³-hybridized carbons (Fsp3) is 0.143. The van der Waals surface area contributed by atoms with Gasteiger partial charge in [-0.2, -0.15) is 5.10 Å². The number of benzene rings is 1. The van der Waals surface area contributed by atoms with Crippen LogP contribution in [-0.2, 0) is 0 Å². The van der Waals surface area contributed by atoms with Crippen molar-refractivity contribution in [2.24, 2.45) is 5.10 Å². The number of phenolic OH excluding ortho intramolecular Hbond substituents is 1. The molecule has 1 aromatic carbocycles. The predicted molar refractivity (Wildman–Crippen MR) is 82.7 cm³/mol. The maximum atomic E-state index is 11.7. The van der Waals surface area contributed by atoms with Crippen LogP contribution in [0.3, 0.4) is 0 Å². The van der Waals surface area contributed by atoms with Crippen molar-refractivity contribution in [1.29, 1.82) is 0 Å². The van der Waals surface area contributed by atoms with Gasteiger partial charge in [0.1, 0.15) is 0 Å². The molecule has 2 N–H and O–H groups in total. The molecule has 0 atom stereocenters. The van der Waals surface area contributed by atoms with E-state index in [9.17, 15) is 9.90 Å². The summed E-state index contributed by atoms with van der Waals surface area (Å²) in [6.45, 7) is 0. The summed E-state index contributed by atoms with van der Waals surface area (Å²) in [6, 6.07) is 6.23. The Balaban J connectivity index is 2.11. The molecule has 0 fully saturated rings. The molecule has 0 aliphatic heterocycles. The van der Waals surface area contributed by atoms with Crippen LogP contribution in [0, 0.1) is 0 Å². The zero-order valence-electron chi connectivity index (χ0n) is 11.8. The van der Waals surface area contributed by atoms with E-state index in [2.05, 4.69) is 26.5 Å². The summed E-state index contributed by atoms with van der Waals surface area (Å²) >= 11 is 3.11. The van der Waals surface area contributed by atoms with Gasteiger partial charge in [-0.05, 0) is 40.2 Å². The summed E-state index contributed by atoms with van der Waals surface area (Å²) in [6.07, 6.45) is 1.39. The van der Waals surface area contributed by atoms with Crippen molar-refractivity contribution in [2.45, 2.75) is 0 Å². The molecule has 0 saturated heterocycles. The van der Waals surface area contributed by atoms with E-state index in [0.717, 1.165) is 0 Å². The second kappa shape index (κ2) is 6.99. The normalized spacial score (nSPS) is 10.7. The summed E-state index contributed by atoms with van der Waals surface area (Å²) < 4.78 is 15.6. The molecule has 7 nitrogen and oxygen atoms in total. The van der Waals surface area contributed by atoms with Crippen LogP contribution in [0.25, 0.3) is 0 Å². The quantitative estimate of drug-likeness (QED) is 0.624.